The lowest BCUT2D eigenvalue weighted by molar-refractivity contribution is 0.602. The van der Waals surface area contributed by atoms with Crippen LogP contribution in [0.1, 0.15) is 5.69 Å². The summed E-state index contributed by atoms with van der Waals surface area (Å²) in [6.45, 7) is 0. The minimum Gasteiger partial charge on any atom is -0.388 e. The molecule has 0 unspecified atom stereocenters. The van der Waals surface area contributed by atoms with Crippen molar-refractivity contribution in [3.05, 3.63) is 42.2 Å². The normalized spacial score (nSPS) is 11.1. The van der Waals surface area contributed by atoms with E-state index in [0.29, 0.717) is 17.3 Å². The van der Waals surface area contributed by atoms with E-state index in [2.05, 4.69) is 15.3 Å². The van der Waals surface area contributed by atoms with Crippen molar-refractivity contribution in [3.63, 3.8) is 0 Å². The third kappa shape index (κ3) is 3.49. The highest BCUT2D eigenvalue weighted by atomic mass is 32.2. The summed E-state index contributed by atoms with van der Waals surface area (Å²) in [4.78, 5) is 8.60. The summed E-state index contributed by atoms with van der Waals surface area (Å²) in [6, 6.07) is 7.89. The molecule has 8 heteroatoms. The predicted octanol–water partition coefficient (Wildman–Crippen LogP) is 1.26. The SMILES string of the molecule is CS(=O)(=O)c1ccc(Nc2nccc(C(N)=S)n2)cc1. The Morgan fingerprint density at radius 2 is 1.90 bits per heavy atom. The van der Waals surface area contributed by atoms with Crippen LogP contribution in [0.5, 0.6) is 0 Å². The summed E-state index contributed by atoms with van der Waals surface area (Å²) < 4.78 is 22.7. The molecule has 0 saturated heterocycles. The molecule has 0 aliphatic heterocycles. The standard InChI is InChI=1S/C12H12N4O2S2/c1-20(17,18)9-4-2-8(3-5-9)15-12-14-7-6-10(16-12)11(13)19/h2-7H,1H3,(H2,13,19)(H,14,15,16). The molecule has 0 saturated carbocycles. The van der Waals surface area contributed by atoms with Crippen molar-refractivity contribution < 1.29 is 8.42 Å². The number of nitrogens with zero attached hydrogens (tertiary/aromatic N) is 2. The molecule has 3 N–H and O–H groups in total. The second-order valence-electron chi connectivity index (χ2n) is 4.05. The molecule has 1 aromatic carbocycles. The Kier molecular flexibility index (Phi) is 3.96. The first-order valence-corrected chi connectivity index (χ1v) is 7.86. The van der Waals surface area contributed by atoms with Crippen LogP contribution >= 0.6 is 12.2 Å². The third-order valence-corrected chi connectivity index (χ3v) is 3.78. The first-order valence-electron chi connectivity index (χ1n) is 5.56. The van der Waals surface area contributed by atoms with Crippen molar-refractivity contribution in [2.24, 2.45) is 5.73 Å². The Morgan fingerprint density at radius 3 is 2.45 bits per heavy atom. The molecule has 6 nitrogen and oxygen atoms in total. The van der Waals surface area contributed by atoms with Crippen molar-refractivity contribution in [2.45, 2.75) is 4.90 Å². The molecule has 1 heterocycles. The van der Waals surface area contributed by atoms with E-state index in [4.69, 9.17) is 18.0 Å². The second-order valence-corrected chi connectivity index (χ2v) is 6.51. The van der Waals surface area contributed by atoms with Crippen molar-refractivity contribution in [1.29, 1.82) is 0 Å². The Labute approximate surface area is 122 Å². The monoisotopic (exact) mass is 308 g/mol. The number of nitrogens with two attached hydrogens (primary N) is 1. The fraction of sp³-hybridized carbons (Fsp3) is 0.0833. The number of benzene rings is 1. The molecule has 1 aromatic heterocycles. The minimum atomic E-state index is -3.20. The Bertz CT molecular complexity index is 742. The Morgan fingerprint density at radius 1 is 1.25 bits per heavy atom. The van der Waals surface area contributed by atoms with E-state index in [0.717, 1.165) is 6.26 Å². The van der Waals surface area contributed by atoms with Gasteiger partial charge in [-0.25, -0.2) is 18.4 Å². The van der Waals surface area contributed by atoms with Crippen LogP contribution in [0.25, 0.3) is 0 Å². The molecule has 0 bridgehead atoms. The van der Waals surface area contributed by atoms with Crippen molar-refractivity contribution >= 4 is 38.7 Å². The fourth-order valence-corrected chi connectivity index (χ4v) is 2.21. The molecular formula is C12H12N4O2S2. The first kappa shape index (κ1) is 14.4. The second kappa shape index (κ2) is 5.51. The molecule has 104 valence electrons. The summed E-state index contributed by atoms with van der Waals surface area (Å²) in [5.74, 6) is 0.336. The third-order valence-electron chi connectivity index (χ3n) is 2.45. The summed E-state index contributed by atoms with van der Waals surface area (Å²) >= 11 is 4.84. The predicted molar refractivity (Wildman–Crippen MR) is 80.8 cm³/mol. The highest BCUT2D eigenvalue weighted by Gasteiger charge is 2.07. The first-order chi connectivity index (χ1) is 9.36. The quantitative estimate of drug-likeness (QED) is 0.820. The number of rotatable bonds is 4. The van der Waals surface area contributed by atoms with E-state index in [9.17, 15) is 8.42 Å². The number of anilines is 2. The maximum Gasteiger partial charge on any atom is 0.227 e. The molecule has 2 aromatic rings. The van der Waals surface area contributed by atoms with E-state index in [1.165, 1.54) is 18.3 Å². The van der Waals surface area contributed by atoms with Gasteiger partial charge < -0.3 is 11.1 Å². The van der Waals surface area contributed by atoms with E-state index < -0.39 is 9.84 Å². The number of hydrogen-bond acceptors (Lipinski definition) is 6. The lowest BCUT2D eigenvalue weighted by atomic mass is 10.3. The molecule has 0 fully saturated rings. The number of thiocarbonyl (C=S) groups is 1. The van der Waals surface area contributed by atoms with Crippen LogP contribution in [0, 0.1) is 0 Å². The van der Waals surface area contributed by atoms with Gasteiger partial charge in [-0.2, -0.15) is 0 Å². The zero-order chi connectivity index (χ0) is 14.8. The topological polar surface area (TPSA) is 98.0 Å². The van der Waals surface area contributed by atoms with Gasteiger partial charge in [0, 0.05) is 18.1 Å². The molecule has 0 amide bonds. The molecular weight excluding hydrogens is 296 g/mol. The number of aromatic nitrogens is 2. The lowest BCUT2D eigenvalue weighted by Crippen LogP contribution is -2.12. The van der Waals surface area contributed by atoms with Crippen LogP contribution in [0.4, 0.5) is 11.6 Å². The zero-order valence-corrected chi connectivity index (χ0v) is 12.2. The highest BCUT2D eigenvalue weighted by molar-refractivity contribution is 7.90. The number of nitrogens with one attached hydrogen (secondary N) is 1. The van der Waals surface area contributed by atoms with E-state index >= 15 is 0 Å². The van der Waals surface area contributed by atoms with Gasteiger partial charge in [-0.1, -0.05) is 12.2 Å². The lowest BCUT2D eigenvalue weighted by Gasteiger charge is -2.06. The van der Waals surface area contributed by atoms with Gasteiger partial charge in [0.25, 0.3) is 0 Å². The van der Waals surface area contributed by atoms with Gasteiger partial charge in [-0.05, 0) is 30.3 Å². The zero-order valence-electron chi connectivity index (χ0n) is 10.6. The minimum absolute atomic E-state index is 0.183. The fourth-order valence-electron chi connectivity index (χ4n) is 1.47. The molecule has 0 radical (unpaired) electrons. The van der Waals surface area contributed by atoms with Gasteiger partial charge in [-0.15, -0.1) is 0 Å². The van der Waals surface area contributed by atoms with Crippen LogP contribution in [-0.4, -0.2) is 29.6 Å². The summed E-state index contributed by atoms with van der Waals surface area (Å²) in [5, 5.41) is 2.95. The average Bonchev–Trinajstić information content (AvgIpc) is 2.38. The largest absolute Gasteiger partial charge is 0.388 e. The van der Waals surface area contributed by atoms with Crippen LogP contribution in [0.15, 0.2) is 41.4 Å². The van der Waals surface area contributed by atoms with Gasteiger partial charge in [-0.3, -0.25) is 0 Å². The molecule has 20 heavy (non-hydrogen) atoms. The van der Waals surface area contributed by atoms with Gasteiger partial charge >= 0.3 is 0 Å². The van der Waals surface area contributed by atoms with Crippen LogP contribution in [-0.2, 0) is 9.84 Å². The maximum atomic E-state index is 11.3. The van der Waals surface area contributed by atoms with Crippen molar-refractivity contribution in [2.75, 3.05) is 11.6 Å². The highest BCUT2D eigenvalue weighted by Crippen LogP contribution is 2.16. The molecule has 0 atom stereocenters. The van der Waals surface area contributed by atoms with Gasteiger partial charge in [0.15, 0.2) is 9.84 Å². The molecule has 0 aliphatic rings. The summed E-state index contributed by atoms with van der Waals surface area (Å²) in [5.41, 5.74) is 6.62. The van der Waals surface area contributed by atoms with E-state index in [1.807, 2.05) is 0 Å². The number of hydrogen-bond donors (Lipinski definition) is 2. The smallest absolute Gasteiger partial charge is 0.227 e. The Hall–Kier alpha value is -2.06. The summed E-state index contributed by atoms with van der Waals surface area (Å²) in [7, 11) is -3.20. The van der Waals surface area contributed by atoms with E-state index in [1.54, 1.807) is 18.2 Å². The molecule has 2 rings (SSSR count). The van der Waals surface area contributed by atoms with Crippen LogP contribution in [0.2, 0.25) is 0 Å². The van der Waals surface area contributed by atoms with Crippen LogP contribution < -0.4 is 11.1 Å². The molecule has 0 spiro atoms. The van der Waals surface area contributed by atoms with E-state index in [-0.39, 0.29) is 9.88 Å². The average molecular weight is 308 g/mol. The van der Waals surface area contributed by atoms with Crippen molar-refractivity contribution in [3.8, 4) is 0 Å². The van der Waals surface area contributed by atoms with Crippen molar-refractivity contribution in [1.82, 2.24) is 9.97 Å². The van der Waals surface area contributed by atoms with Crippen LogP contribution in [0.3, 0.4) is 0 Å². The Balaban J connectivity index is 2.22. The van der Waals surface area contributed by atoms with Gasteiger partial charge in [0.2, 0.25) is 5.95 Å². The summed E-state index contributed by atoms with van der Waals surface area (Å²) in [6.07, 6.45) is 2.69. The van der Waals surface area contributed by atoms with Gasteiger partial charge in [0.1, 0.15) is 10.7 Å². The molecule has 0 aliphatic carbocycles. The van der Waals surface area contributed by atoms with Gasteiger partial charge in [0.05, 0.1) is 4.90 Å². The number of sulfone groups is 1. The maximum absolute atomic E-state index is 11.3.